The summed E-state index contributed by atoms with van der Waals surface area (Å²) in [5, 5.41) is 3.74. The Balaban J connectivity index is 1.58. The first kappa shape index (κ1) is 20.2. The molecule has 1 N–H and O–H groups in total. The molecule has 3 fully saturated rings. The molecule has 32 heavy (non-hydrogen) atoms. The van der Waals surface area contributed by atoms with Gasteiger partial charge in [-0.1, -0.05) is 40.9 Å². The average molecular weight is 470 g/mol. The van der Waals surface area contributed by atoms with Crippen molar-refractivity contribution in [2.24, 2.45) is 11.8 Å². The molecule has 0 aromatic heterocycles. The van der Waals surface area contributed by atoms with Crippen LogP contribution in [0.25, 0.3) is 0 Å². The number of carbonyl (C=O) groups excluding carboxylic acids is 3. The lowest BCUT2D eigenvalue weighted by molar-refractivity contribution is -0.135. The number of nitrogens with zero attached hydrogens (tertiary/aromatic N) is 2. The van der Waals surface area contributed by atoms with E-state index in [4.69, 9.17) is 23.2 Å². The molecule has 0 unspecified atom stereocenters. The second kappa shape index (κ2) is 6.56. The SMILES string of the molecule is Cc1cc(C)c2c(c1)[C@@]1(C(=O)N2)[C@@H]2C(=O)N(c3cc(Cl)cc(Cl)c3)C(=O)[C@@H]2[C@H]2CCCN21. The Morgan fingerprint density at radius 2 is 1.72 bits per heavy atom. The van der Waals surface area contributed by atoms with Crippen LogP contribution in [0.5, 0.6) is 0 Å². The van der Waals surface area contributed by atoms with Gasteiger partial charge in [-0.2, -0.15) is 0 Å². The Hall–Kier alpha value is -2.41. The maximum Gasteiger partial charge on any atom is 0.250 e. The van der Waals surface area contributed by atoms with Crippen LogP contribution in [0, 0.1) is 25.7 Å². The van der Waals surface area contributed by atoms with Crippen LogP contribution in [0.1, 0.15) is 29.5 Å². The molecular formula is C24H21Cl2N3O3. The lowest BCUT2D eigenvalue weighted by Gasteiger charge is -2.36. The van der Waals surface area contributed by atoms with Gasteiger partial charge in [0.1, 0.15) is 5.54 Å². The molecule has 2 aromatic rings. The van der Waals surface area contributed by atoms with E-state index in [1.165, 1.54) is 4.90 Å². The summed E-state index contributed by atoms with van der Waals surface area (Å²) < 4.78 is 0. The van der Waals surface area contributed by atoms with E-state index in [1.54, 1.807) is 18.2 Å². The van der Waals surface area contributed by atoms with E-state index in [9.17, 15) is 14.4 Å². The van der Waals surface area contributed by atoms with Crippen LogP contribution in [0.2, 0.25) is 10.0 Å². The number of imide groups is 1. The summed E-state index contributed by atoms with van der Waals surface area (Å²) in [5.41, 5.74) is 2.72. The number of halogens is 2. The maximum absolute atomic E-state index is 14.0. The van der Waals surface area contributed by atoms with Crippen LogP contribution in [0.15, 0.2) is 30.3 Å². The first-order valence-electron chi connectivity index (χ1n) is 10.8. The molecule has 4 atom stereocenters. The number of fused-ring (bicyclic) bond motifs is 7. The third-order valence-electron chi connectivity index (χ3n) is 7.55. The number of nitrogens with one attached hydrogen (secondary N) is 1. The normalized spacial score (nSPS) is 30.8. The largest absolute Gasteiger partial charge is 0.324 e. The van der Waals surface area contributed by atoms with Gasteiger partial charge in [-0.05, 0) is 57.0 Å². The van der Waals surface area contributed by atoms with Crippen molar-refractivity contribution in [3.8, 4) is 0 Å². The van der Waals surface area contributed by atoms with E-state index in [-0.39, 0.29) is 23.8 Å². The maximum atomic E-state index is 14.0. The molecule has 0 saturated carbocycles. The third kappa shape index (κ3) is 2.33. The van der Waals surface area contributed by atoms with Gasteiger partial charge in [0.05, 0.1) is 17.5 Å². The van der Waals surface area contributed by atoms with E-state index < -0.39 is 17.4 Å². The molecule has 0 aliphatic carbocycles. The van der Waals surface area contributed by atoms with Crippen LogP contribution < -0.4 is 10.2 Å². The van der Waals surface area contributed by atoms with Crippen LogP contribution in [-0.2, 0) is 19.9 Å². The molecule has 3 saturated heterocycles. The second-order valence-electron chi connectivity index (χ2n) is 9.27. The highest BCUT2D eigenvalue weighted by atomic mass is 35.5. The van der Waals surface area contributed by atoms with Gasteiger partial charge in [-0.15, -0.1) is 0 Å². The molecule has 8 heteroatoms. The quantitative estimate of drug-likeness (QED) is 0.639. The van der Waals surface area contributed by atoms with Crippen molar-refractivity contribution in [3.63, 3.8) is 0 Å². The molecule has 2 aromatic carbocycles. The van der Waals surface area contributed by atoms with Gasteiger partial charge >= 0.3 is 0 Å². The Bertz CT molecular complexity index is 1220. The van der Waals surface area contributed by atoms with Crippen molar-refractivity contribution in [2.75, 3.05) is 16.8 Å². The molecule has 4 aliphatic rings. The lowest BCUT2D eigenvalue weighted by Crippen LogP contribution is -2.54. The van der Waals surface area contributed by atoms with Gasteiger partial charge < -0.3 is 5.32 Å². The van der Waals surface area contributed by atoms with Gasteiger partial charge in [0.15, 0.2) is 0 Å². The van der Waals surface area contributed by atoms with Crippen LogP contribution in [0.3, 0.4) is 0 Å². The zero-order valence-electron chi connectivity index (χ0n) is 17.6. The highest BCUT2D eigenvalue weighted by Crippen LogP contribution is 2.61. The van der Waals surface area contributed by atoms with Crippen molar-refractivity contribution in [2.45, 2.75) is 38.3 Å². The van der Waals surface area contributed by atoms with E-state index >= 15 is 0 Å². The van der Waals surface area contributed by atoms with Gasteiger partial charge in [0.2, 0.25) is 17.7 Å². The van der Waals surface area contributed by atoms with Crippen molar-refractivity contribution in [3.05, 3.63) is 57.1 Å². The minimum absolute atomic E-state index is 0.159. The number of benzene rings is 2. The molecule has 4 heterocycles. The number of amides is 3. The van der Waals surface area contributed by atoms with E-state index in [0.717, 1.165) is 35.2 Å². The zero-order chi connectivity index (χ0) is 22.5. The monoisotopic (exact) mass is 469 g/mol. The van der Waals surface area contributed by atoms with E-state index in [2.05, 4.69) is 10.2 Å². The van der Waals surface area contributed by atoms with Crippen LogP contribution in [-0.4, -0.2) is 35.2 Å². The smallest absolute Gasteiger partial charge is 0.250 e. The van der Waals surface area contributed by atoms with Crippen molar-refractivity contribution in [1.29, 1.82) is 0 Å². The molecule has 4 aliphatic heterocycles. The van der Waals surface area contributed by atoms with Gasteiger partial charge in [-0.3, -0.25) is 19.3 Å². The molecule has 164 valence electrons. The zero-order valence-corrected chi connectivity index (χ0v) is 19.1. The molecule has 1 spiro atoms. The molecule has 0 bridgehead atoms. The van der Waals surface area contributed by atoms with Crippen LogP contribution >= 0.6 is 23.2 Å². The van der Waals surface area contributed by atoms with Crippen molar-refractivity contribution in [1.82, 2.24) is 4.90 Å². The minimum Gasteiger partial charge on any atom is -0.324 e. The van der Waals surface area contributed by atoms with Gasteiger partial charge in [-0.25, -0.2) is 4.90 Å². The summed E-state index contributed by atoms with van der Waals surface area (Å²) in [7, 11) is 0. The molecule has 0 radical (unpaired) electrons. The molecule has 3 amide bonds. The van der Waals surface area contributed by atoms with Crippen molar-refractivity contribution < 1.29 is 14.4 Å². The first-order valence-corrected chi connectivity index (χ1v) is 11.5. The fourth-order valence-corrected chi connectivity index (χ4v) is 7.10. The average Bonchev–Trinajstić information content (AvgIpc) is 3.40. The topological polar surface area (TPSA) is 69.7 Å². The summed E-state index contributed by atoms with van der Waals surface area (Å²) >= 11 is 12.3. The number of hydrogen-bond donors (Lipinski definition) is 1. The van der Waals surface area contributed by atoms with Crippen LogP contribution in [0.4, 0.5) is 11.4 Å². The fourth-order valence-electron chi connectivity index (χ4n) is 6.58. The molecule has 6 nitrogen and oxygen atoms in total. The molecule has 6 rings (SSSR count). The lowest BCUT2D eigenvalue weighted by atomic mass is 9.75. The highest BCUT2D eigenvalue weighted by Gasteiger charge is 2.74. The summed E-state index contributed by atoms with van der Waals surface area (Å²) in [6, 6.07) is 8.56. The predicted molar refractivity (Wildman–Crippen MR) is 122 cm³/mol. The van der Waals surface area contributed by atoms with Gasteiger partial charge in [0.25, 0.3) is 0 Å². The van der Waals surface area contributed by atoms with Crippen molar-refractivity contribution >= 4 is 52.3 Å². The second-order valence-corrected chi connectivity index (χ2v) is 10.1. The number of anilines is 2. The van der Waals surface area contributed by atoms with E-state index in [1.807, 2.05) is 26.0 Å². The summed E-state index contributed by atoms with van der Waals surface area (Å²) in [4.78, 5) is 44.7. The predicted octanol–water partition coefficient (Wildman–Crippen LogP) is 4.04. The summed E-state index contributed by atoms with van der Waals surface area (Å²) in [6.45, 7) is 4.63. The third-order valence-corrected chi connectivity index (χ3v) is 7.99. The Kier molecular flexibility index (Phi) is 4.15. The first-order chi connectivity index (χ1) is 15.2. The number of rotatable bonds is 1. The number of aryl methyl sites for hydroxylation is 2. The number of hydrogen-bond acceptors (Lipinski definition) is 4. The Morgan fingerprint density at radius 1 is 1.00 bits per heavy atom. The summed E-state index contributed by atoms with van der Waals surface area (Å²) in [5.74, 6) is -2.24. The highest BCUT2D eigenvalue weighted by molar-refractivity contribution is 6.36. The number of carbonyl (C=O) groups is 3. The minimum atomic E-state index is -1.18. The summed E-state index contributed by atoms with van der Waals surface area (Å²) in [6.07, 6.45) is 1.66. The molecular weight excluding hydrogens is 449 g/mol. The Morgan fingerprint density at radius 3 is 2.44 bits per heavy atom. The fraction of sp³-hybridized carbons (Fsp3) is 0.375. The Labute approximate surface area is 195 Å². The standard InChI is InChI=1S/C24H21Cl2N3O3/c1-11-6-12(2)20-16(7-11)24(23(32)27-20)19-18(17-4-3-5-28(17)24)21(30)29(22(19)31)15-9-13(25)8-14(26)10-15/h6-10,17-19H,3-5H2,1-2H3,(H,27,32)/t17-,18-,19+,24+/m1/s1. The van der Waals surface area contributed by atoms with Gasteiger partial charge in [0, 0.05) is 27.3 Å². The van der Waals surface area contributed by atoms with E-state index in [0.29, 0.717) is 22.3 Å².